The molecule has 6 N–H and O–H groups in total. The van der Waals surface area contributed by atoms with Crippen molar-refractivity contribution >= 4 is 27.6 Å². The molecule has 0 aromatic carbocycles. The molecule has 0 spiro atoms. The smallest absolute Gasteiger partial charge is 0.462 e. The van der Waals surface area contributed by atoms with Crippen LogP contribution in [0.15, 0.2) is 60.8 Å². The Morgan fingerprint density at radius 1 is 0.559 bits per heavy atom. The molecule has 0 saturated heterocycles. The second-order valence-electron chi connectivity index (χ2n) is 14.2. The fourth-order valence-corrected chi connectivity index (χ4v) is 6.41. The van der Waals surface area contributed by atoms with E-state index in [-0.39, 0.29) is 32.1 Å². The van der Waals surface area contributed by atoms with Crippen molar-refractivity contribution in [3.63, 3.8) is 0 Å². The van der Waals surface area contributed by atoms with Gasteiger partial charge in [0.2, 0.25) is 0 Å². The highest BCUT2D eigenvalue weighted by Gasteiger charge is 2.28. The predicted molar refractivity (Wildman–Crippen MR) is 228 cm³/mol. The van der Waals surface area contributed by atoms with Crippen molar-refractivity contribution in [3.05, 3.63) is 60.8 Å². The molecule has 0 bridgehead atoms. The monoisotopic (exact) mass is 880 g/mol. The second kappa shape index (κ2) is 37.5. The Morgan fingerprint density at radius 3 is 1.69 bits per heavy atom. The zero-order valence-electron chi connectivity index (χ0n) is 35.3. The summed E-state index contributed by atoms with van der Waals surface area (Å²) < 4.78 is 47.5. The van der Waals surface area contributed by atoms with Crippen LogP contribution in [-0.4, -0.2) is 92.8 Å². The maximum atomic E-state index is 12.6. The number of allylic oxidation sites excluding steroid dienone is 9. The molecule has 0 rings (SSSR count). The number of unbranched alkanes of at least 4 members (excludes halogenated alkanes) is 9. The van der Waals surface area contributed by atoms with Gasteiger partial charge in [0.25, 0.3) is 0 Å². The molecule has 342 valence electrons. The van der Waals surface area contributed by atoms with Crippen LogP contribution < -0.4 is 0 Å². The highest BCUT2D eigenvalue weighted by molar-refractivity contribution is 7.47. The molecule has 0 heterocycles. The van der Waals surface area contributed by atoms with Gasteiger partial charge in [0, 0.05) is 12.8 Å². The first-order valence-corrected chi connectivity index (χ1v) is 24.2. The lowest BCUT2D eigenvalue weighted by atomic mass is 10.0. The van der Waals surface area contributed by atoms with Gasteiger partial charge in [0.15, 0.2) is 6.10 Å². The lowest BCUT2D eigenvalue weighted by Gasteiger charge is -2.20. The van der Waals surface area contributed by atoms with Crippen LogP contribution in [-0.2, 0) is 41.8 Å². The van der Waals surface area contributed by atoms with E-state index in [9.17, 15) is 38.9 Å². The number of esters is 2. The van der Waals surface area contributed by atoms with Gasteiger partial charge in [0.1, 0.15) is 12.7 Å². The summed E-state index contributed by atoms with van der Waals surface area (Å²) in [5.41, 5.74) is 0. The van der Waals surface area contributed by atoms with Crippen LogP contribution >= 0.6 is 15.6 Å². The standard InChI is InChI=1S/C42H74O15P2/c1-3-5-7-9-11-13-15-17-19-21-23-25-27-31-42(47)57-38(36-56-59(51,52)55-34-37(43)33-54-58(48,49)50)35-53-41(46)32-28-30-40(45)39(44)29-26-24-22-20-18-16-14-12-10-8-6-4-2/h6,8,12-15,18,20,24,26,37-40,43-45H,3-5,7,9-11,16-17,19,21-23,25,27-36H2,1-2H3,(H,51,52)(H2,48,49,50)/b8-6-,14-12-,15-13-,20-18-,26-24-/t37-,38+,39-,40-/m0/s1. The lowest BCUT2D eigenvalue weighted by molar-refractivity contribution is -0.161. The Balaban J connectivity index is 4.78. The number of rotatable bonds is 39. The number of ether oxygens (including phenoxy) is 2. The average Bonchev–Trinajstić information content (AvgIpc) is 3.19. The molecule has 0 aliphatic heterocycles. The van der Waals surface area contributed by atoms with Crippen LogP contribution in [0.4, 0.5) is 0 Å². The van der Waals surface area contributed by atoms with Crippen LogP contribution in [0.1, 0.15) is 142 Å². The number of phosphoric acid groups is 2. The van der Waals surface area contributed by atoms with Crippen LogP contribution in [0, 0.1) is 0 Å². The predicted octanol–water partition coefficient (Wildman–Crippen LogP) is 8.39. The topological polar surface area (TPSA) is 236 Å². The minimum Gasteiger partial charge on any atom is -0.462 e. The summed E-state index contributed by atoms with van der Waals surface area (Å²) in [4.78, 5) is 52.7. The van der Waals surface area contributed by atoms with Crippen molar-refractivity contribution in [2.75, 3.05) is 26.4 Å². The summed E-state index contributed by atoms with van der Waals surface area (Å²) in [7, 11) is -9.77. The second-order valence-corrected chi connectivity index (χ2v) is 16.9. The van der Waals surface area contributed by atoms with Gasteiger partial charge in [-0.1, -0.05) is 113 Å². The fraction of sp³-hybridized carbons (Fsp3) is 0.714. The SMILES string of the molecule is CC/C=C\C/C=C\C/C=C\C/C=C\C[C@H](O)[C@@H](O)CCCC(=O)OC[C@H](COP(=O)(O)OC[C@@H](O)COP(=O)(O)O)OC(=O)CCCCCCC/C=C\CCCCCC. The highest BCUT2D eigenvalue weighted by atomic mass is 31.2. The van der Waals surface area contributed by atoms with E-state index in [1.807, 2.05) is 12.2 Å². The molecular formula is C42H74O15P2. The van der Waals surface area contributed by atoms with Crippen molar-refractivity contribution in [2.45, 2.75) is 167 Å². The molecule has 59 heavy (non-hydrogen) atoms. The van der Waals surface area contributed by atoms with E-state index < -0.39 is 78.4 Å². The van der Waals surface area contributed by atoms with Crippen LogP contribution in [0.5, 0.6) is 0 Å². The molecule has 0 saturated carbocycles. The van der Waals surface area contributed by atoms with Crippen LogP contribution in [0.3, 0.4) is 0 Å². The molecule has 15 nitrogen and oxygen atoms in total. The van der Waals surface area contributed by atoms with Gasteiger partial charge in [-0.25, -0.2) is 9.13 Å². The number of phosphoric ester groups is 2. The molecule has 1 unspecified atom stereocenters. The minimum absolute atomic E-state index is 0.0578. The zero-order chi connectivity index (χ0) is 44.0. The normalized spacial score (nSPS) is 15.7. The van der Waals surface area contributed by atoms with E-state index in [0.717, 1.165) is 57.8 Å². The van der Waals surface area contributed by atoms with E-state index in [1.165, 1.54) is 25.7 Å². The number of aliphatic hydroxyl groups is 3. The summed E-state index contributed by atoms with van der Waals surface area (Å²) in [5.74, 6) is -1.33. The first-order chi connectivity index (χ1) is 28.2. The maximum absolute atomic E-state index is 12.6. The van der Waals surface area contributed by atoms with Gasteiger partial charge in [-0.3, -0.25) is 23.2 Å². The molecule has 5 atom stereocenters. The van der Waals surface area contributed by atoms with Gasteiger partial charge < -0.3 is 39.5 Å². The summed E-state index contributed by atoms with van der Waals surface area (Å²) in [5, 5.41) is 30.4. The number of carbonyl (C=O) groups is 2. The first-order valence-electron chi connectivity index (χ1n) is 21.1. The van der Waals surface area contributed by atoms with Gasteiger partial charge in [-0.05, 0) is 77.0 Å². The van der Waals surface area contributed by atoms with E-state index in [0.29, 0.717) is 12.8 Å². The van der Waals surface area contributed by atoms with Crippen molar-refractivity contribution < 1.29 is 71.8 Å². The Labute approximate surface area is 352 Å². The molecule has 0 fully saturated rings. The van der Waals surface area contributed by atoms with Gasteiger partial charge in [-0.2, -0.15) is 0 Å². The quantitative estimate of drug-likeness (QED) is 0.0147. The molecule has 0 radical (unpaired) electrons. The Kier molecular flexibility index (Phi) is 36.1. The molecule has 0 aromatic heterocycles. The van der Waals surface area contributed by atoms with E-state index in [2.05, 4.69) is 65.4 Å². The summed E-state index contributed by atoms with van der Waals surface area (Å²) >= 11 is 0. The third kappa shape index (κ3) is 39.6. The molecule has 17 heteroatoms. The van der Waals surface area contributed by atoms with Crippen LogP contribution in [0.25, 0.3) is 0 Å². The Morgan fingerprint density at radius 2 is 1.08 bits per heavy atom. The summed E-state index contributed by atoms with van der Waals surface area (Å²) in [6.07, 6.45) is 31.1. The van der Waals surface area contributed by atoms with Crippen molar-refractivity contribution in [3.8, 4) is 0 Å². The Bertz CT molecular complexity index is 1310. The molecule has 0 aliphatic carbocycles. The lowest BCUT2D eigenvalue weighted by Crippen LogP contribution is -2.30. The van der Waals surface area contributed by atoms with Crippen molar-refractivity contribution in [1.29, 1.82) is 0 Å². The number of hydrogen-bond donors (Lipinski definition) is 6. The third-order valence-corrected chi connectivity index (χ3v) is 10.0. The summed E-state index contributed by atoms with van der Waals surface area (Å²) in [6, 6.07) is 0. The van der Waals surface area contributed by atoms with E-state index in [1.54, 1.807) is 6.08 Å². The van der Waals surface area contributed by atoms with E-state index >= 15 is 0 Å². The number of hydrogen-bond acceptors (Lipinski definition) is 12. The molecule has 0 amide bonds. The maximum Gasteiger partial charge on any atom is 0.472 e. The molecule has 0 aliphatic rings. The Hall–Kier alpha value is -2.26. The van der Waals surface area contributed by atoms with Gasteiger partial charge >= 0.3 is 27.6 Å². The highest BCUT2D eigenvalue weighted by Crippen LogP contribution is 2.43. The van der Waals surface area contributed by atoms with Crippen molar-refractivity contribution in [1.82, 2.24) is 0 Å². The number of aliphatic hydroxyl groups excluding tert-OH is 3. The third-order valence-electron chi connectivity index (χ3n) is 8.58. The minimum atomic E-state index is -4.89. The van der Waals surface area contributed by atoms with Gasteiger partial charge in [0.05, 0.1) is 32.0 Å². The summed E-state index contributed by atoms with van der Waals surface area (Å²) in [6.45, 7) is 1.27. The number of carbonyl (C=O) groups excluding carboxylic acids is 2. The van der Waals surface area contributed by atoms with E-state index in [4.69, 9.17) is 23.8 Å². The molecule has 0 aromatic rings. The zero-order valence-corrected chi connectivity index (χ0v) is 37.1. The van der Waals surface area contributed by atoms with Gasteiger partial charge in [-0.15, -0.1) is 0 Å². The van der Waals surface area contributed by atoms with Crippen LogP contribution in [0.2, 0.25) is 0 Å². The average molecular weight is 881 g/mol. The van der Waals surface area contributed by atoms with Crippen molar-refractivity contribution in [2.24, 2.45) is 0 Å². The largest absolute Gasteiger partial charge is 0.472 e. The first kappa shape index (κ1) is 56.7. The molecular weight excluding hydrogens is 806 g/mol. The fourth-order valence-electron chi connectivity index (χ4n) is 5.25.